The molecular formula is C19H27IN6. The lowest BCUT2D eigenvalue weighted by molar-refractivity contribution is 0.299. The molecule has 1 N–H and O–H groups in total. The maximum Gasteiger partial charge on any atom is 0.193 e. The summed E-state index contributed by atoms with van der Waals surface area (Å²) in [5.41, 5.74) is 1.18. The molecule has 1 saturated carbocycles. The summed E-state index contributed by atoms with van der Waals surface area (Å²) in [6, 6.07) is 6.01. The first kappa shape index (κ1) is 19.1. The van der Waals surface area contributed by atoms with Gasteiger partial charge in [-0.3, -0.25) is 4.99 Å². The van der Waals surface area contributed by atoms with Crippen LogP contribution < -0.4 is 5.32 Å². The Balaban J connectivity index is 0.00000196. The number of pyridine rings is 1. The average molecular weight is 466 g/mol. The maximum absolute atomic E-state index is 4.51. The first-order valence-corrected chi connectivity index (χ1v) is 9.24. The zero-order chi connectivity index (χ0) is 17.1. The van der Waals surface area contributed by atoms with E-state index in [0.717, 1.165) is 43.2 Å². The third-order valence-electron chi connectivity index (χ3n) is 5.49. The number of hydrogen-bond donors (Lipinski definition) is 1. The van der Waals surface area contributed by atoms with Gasteiger partial charge in [0.05, 0.1) is 0 Å². The molecule has 0 bridgehead atoms. The second kappa shape index (κ2) is 8.83. The van der Waals surface area contributed by atoms with E-state index < -0.39 is 0 Å². The molecule has 6 nitrogen and oxygen atoms in total. The molecule has 2 unspecified atom stereocenters. The topological polar surface area (TPSA) is 58.3 Å². The standard InChI is InChI=1S/C19H26N6.HI/c1-20-19(24-13-16-5-2-3-6-17(16)14-24)22-12-15-7-9-21-18(11-15)25-10-4-8-23-25;/h4,7-11,16-17H,2-3,5-6,12-14H2,1H3,(H,20,22);1H. The highest BCUT2D eigenvalue weighted by Gasteiger charge is 2.35. The molecule has 1 aliphatic heterocycles. The summed E-state index contributed by atoms with van der Waals surface area (Å²) < 4.78 is 1.78. The number of nitrogens with zero attached hydrogens (tertiary/aromatic N) is 5. The Morgan fingerprint density at radius 1 is 1.23 bits per heavy atom. The molecule has 2 atom stereocenters. The van der Waals surface area contributed by atoms with Gasteiger partial charge >= 0.3 is 0 Å². The zero-order valence-electron chi connectivity index (χ0n) is 15.2. The number of hydrogen-bond acceptors (Lipinski definition) is 3. The summed E-state index contributed by atoms with van der Waals surface area (Å²) in [7, 11) is 1.88. The monoisotopic (exact) mass is 466 g/mol. The van der Waals surface area contributed by atoms with E-state index in [4.69, 9.17) is 0 Å². The molecule has 2 aliphatic rings. The first-order valence-electron chi connectivity index (χ1n) is 9.24. The van der Waals surface area contributed by atoms with Crippen LogP contribution in [0.4, 0.5) is 0 Å². The van der Waals surface area contributed by atoms with Crippen molar-refractivity contribution in [3.63, 3.8) is 0 Å². The van der Waals surface area contributed by atoms with E-state index in [9.17, 15) is 0 Å². The van der Waals surface area contributed by atoms with Gasteiger partial charge in [0, 0.05) is 45.3 Å². The van der Waals surface area contributed by atoms with E-state index in [1.807, 2.05) is 31.6 Å². The lowest BCUT2D eigenvalue weighted by Crippen LogP contribution is -2.39. The van der Waals surface area contributed by atoms with Gasteiger partial charge in [-0.25, -0.2) is 9.67 Å². The Hall–Kier alpha value is -1.64. The molecule has 7 heteroatoms. The quantitative estimate of drug-likeness (QED) is 0.429. The molecule has 1 aliphatic carbocycles. The summed E-state index contributed by atoms with van der Waals surface area (Å²) in [4.78, 5) is 11.3. The minimum Gasteiger partial charge on any atom is -0.352 e. The van der Waals surface area contributed by atoms with Crippen molar-refractivity contribution >= 4 is 29.9 Å². The number of aliphatic imine (C=N–C) groups is 1. The minimum atomic E-state index is 0. The second-order valence-electron chi connectivity index (χ2n) is 7.08. The van der Waals surface area contributed by atoms with Gasteiger partial charge in [0.15, 0.2) is 11.8 Å². The number of likely N-dealkylation sites (tertiary alicyclic amines) is 1. The number of halogens is 1. The predicted molar refractivity (Wildman–Crippen MR) is 114 cm³/mol. The average Bonchev–Trinajstić information content (AvgIpc) is 3.32. The third kappa shape index (κ3) is 4.19. The largest absolute Gasteiger partial charge is 0.352 e. The van der Waals surface area contributed by atoms with Crippen LogP contribution in [0, 0.1) is 11.8 Å². The van der Waals surface area contributed by atoms with E-state index in [1.165, 1.54) is 31.2 Å². The van der Waals surface area contributed by atoms with Crippen molar-refractivity contribution in [2.24, 2.45) is 16.8 Å². The van der Waals surface area contributed by atoms with Gasteiger partial charge in [-0.1, -0.05) is 12.8 Å². The lowest BCUT2D eigenvalue weighted by atomic mass is 9.82. The van der Waals surface area contributed by atoms with Crippen LogP contribution in [0.25, 0.3) is 5.82 Å². The van der Waals surface area contributed by atoms with Gasteiger partial charge in [0.2, 0.25) is 0 Å². The van der Waals surface area contributed by atoms with Gasteiger partial charge in [0.25, 0.3) is 0 Å². The molecule has 1 saturated heterocycles. The summed E-state index contributed by atoms with van der Waals surface area (Å²) in [6.45, 7) is 3.05. The van der Waals surface area contributed by atoms with Crippen molar-refractivity contribution < 1.29 is 0 Å². The Morgan fingerprint density at radius 2 is 2.00 bits per heavy atom. The summed E-state index contributed by atoms with van der Waals surface area (Å²) in [5, 5.41) is 7.77. The van der Waals surface area contributed by atoms with Crippen LogP contribution in [0.3, 0.4) is 0 Å². The fourth-order valence-corrected chi connectivity index (χ4v) is 4.19. The van der Waals surface area contributed by atoms with Crippen molar-refractivity contribution in [2.45, 2.75) is 32.2 Å². The van der Waals surface area contributed by atoms with Gasteiger partial charge in [-0.15, -0.1) is 24.0 Å². The molecule has 0 aromatic carbocycles. The summed E-state index contributed by atoms with van der Waals surface area (Å²) in [5.74, 6) is 3.58. The predicted octanol–water partition coefficient (Wildman–Crippen LogP) is 3.08. The molecule has 2 fully saturated rings. The highest BCUT2D eigenvalue weighted by Crippen LogP contribution is 2.35. The van der Waals surface area contributed by atoms with Crippen LogP contribution >= 0.6 is 24.0 Å². The van der Waals surface area contributed by atoms with Gasteiger partial charge < -0.3 is 10.2 Å². The molecular weight excluding hydrogens is 439 g/mol. The van der Waals surface area contributed by atoms with E-state index in [1.54, 1.807) is 10.9 Å². The SMILES string of the molecule is CN=C(NCc1ccnc(-n2cccn2)c1)N1CC2CCCCC2C1.I. The maximum atomic E-state index is 4.51. The highest BCUT2D eigenvalue weighted by molar-refractivity contribution is 14.0. The van der Waals surface area contributed by atoms with Crippen molar-refractivity contribution in [2.75, 3.05) is 20.1 Å². The molecule has 0 spiro atoms. The summed E-state index contributed by atoms with van der Waals surface area (Å²) >= 11 is 0. The molecule has 4 rings (SSSR count). The molecule has 2 aromatic rings. The number of guanidine groups is 1. The normalized spacial score (nSPS) is 22.7. The van der Waals surface area contributed by atoms with E-state index in [-0.39, 0.29) is 24.0 Å². The van der Waals surface area contributed by atoms with E-state index >= 15 is 0 Å². The molecule has 26 heavy (non-hydrogen) atoms. The minimum absolute atomic E-state index is 0. The number of rotatable bonds is 3. The second-order valence-corrected chi connectivity index (χ2v) is 7.08. The van der Waals surface area contributed by atoms with Crippen LogP contribution in [0.5, 0.6) is 0 Å². The molecule has 2 aromatic heterocycles. The number of fused-ring (bicyclic) bond motifs is 1. The van der Waals surface area contributed by atoms with Crippen LogP contribution in [0.15, 0.2) is 41.8 Å². The third-order valence-corrected chi connectivity index (χ3v) is 5.49. The van der Waals surface area contributed by atoms with Crippen molar-refractivity contribution in [3.8, 4) is 5.82 Å². The van der Waals surface area contributed by atoms with Crippen molar-refractivity contribution in [1.29, 1.82) is 0 Å². The molecule has 3 heterocycles. The fraction of sp³-hybridized carbons (Fsp3) is 0.526. The smallest absolute Gasteiger partial charge is 0.193 e. The van der Waals surface area contributed by atoms with E-state index in [0.29, 0.717) is 0 Å². The van der Waals surface area contributed by atoms with Crippen LogP contribution in [-0.2, 0) is 6.54 Å². The van der Waals surface area contributed by atoms with Gasteiger partial charge in [-0.05, 0) is 48.4 Å². The lowest BCUT2D eigenvalue weighted by Gasteiger charge is -2.22. The number of aromatic nitrogens is 3. The zero-order valence-corrected chi connectivity index (χ0v) is 17.5. The Morgan fingerprint density at radius 3 is 2.65 bits per heavy atom. The fourth-order valence-electron chi connectivity index (χ4n) is 4.19. The molecule has 0 radical (unpaired) electrons. The number of nitrogens with one attached hydrogen (secondary N) is 1. The Bertz CT molecular complexity index is 715. The van der Waals surface area contributed by atoms with E-state index in [2.05, 4.69) is 31.4 Å². The molecule has 140 valence electrons. The van der Waals surface area contributed by atoms with Gasteiger partial charge in [0.1, 0.15) is 0 Å². The van der Waals surface area contributed by atoms with Crippen LogP contribution in [-0.4, -0.2) is 45.8 Å². The first-order chi connectivity index (χ1) is 12.3. The Labute approximate surface area is 172 Å². The molecule has 0 amide bonds. The van der Waals surface area contributed by atoms with Crippen LogP contribution in [0.2, 0.25) is 0 Å². The van der Waals surface area contributed by atoms with Gasteiger partial charge in [-0.2, -0.15) is 5.10 Å². The van der Waals surface area contributed by atoms with Crippen LogP contribution in [0.1, 0.15) is 31.2 Å². The Kier molecular flexibility index (Phi) is 6.50. The summed E-state index contributed by atoms with van der Waals surface area (Å²) in [6.07, 6.45) is 11.1. The highest BCUT2D eigenvalue weighted by atomic mass is 127. The van der Waals surface area contributed by atoms with Crippen molar-refractivity contribution in [1.82, 2.24) is 25.0 Å². The van der Waals surface area contributed by atoms with Crippen molar-refractivity contribution in [3.05, 3.63) is 42.4 Å².